The van der Waals surface area contributed by atoms with Gasteiger partial charge in [0.1, 0.15) is 5.75 Å². The number of hydrogen-bond donors (Lipinski definition) is 1. The first-order valence-electron chi connectivity index (χ1n) is 6.80. The Hall–Kier alpha value is -1.26. The Balaban J connectivity index is 2.68. The standard InChI is InChI=1S/C15H23ClN2O2/c1-5-6-7-18(3)10-15(19)17-13-8-11(2)12(16)9-14(13)20-4/h8-9H,5-7,10H2,1-4H3,(H,17,19). The lowest BCUT2D eigenvalue weighted by atomic mass is 10.2. The second-order valence-electron chi connectivity index (χ2n) is 4.94. The molecule has 5 heteroatoms. The Bertz CT molecular complexity index is 463. The smallest absolute Gasteiger partial charge is 0.238 e. The van der Waals surface area contributed by atoms with Gasteiger partial charge in [-0.05, 0) is 38.6 Å². The number of carbonyl (C=O) groups is 1. The van der Waals surface area contributed by atoms with Crippen LogP contribution in [0, 0.1) is 6.92 Å². The molecule has 0 bridgehead atoms. The summed E-state index contributed by atoms with van der Waals surface area (Å²) in [5.74, 6) is 0.522. The van der Waals surface area contributed by atoms with Gasteiger partial charge in [0.15, 0.2) is 0 Å². The normalized spacial score (nSPS) is 10.7. The number of ether oxygens (including phenoxy) is 1. The minimum absolute atomic E-state index is 0.0522. The largest absolute Gasteiger partial charge is 0.495 e. The lowest BCUT2D eigenvalue weighted by molar-refractivity contribution is -0.117. The number of nitrogens with one attached hydrogen (secondary N) is 1. The number of likely N-dealkylation sites (N-methyl/N-ethyl adjacent to an activating group) is 1. The van der Waals surface area contributed by atoms with Gasteiger partial charge in [-0.3, -0.25) is 9.69 Å². The minimum Gasteiger partial charge on any atom is -0.495 e. The van der Waals surface area contributed by atoms with Crippen LogP contribution >= 0.6 is 11.6 Å². The van der Waals surface area contributed by atoms with Crippen molar-refractivity contribution in [1.82, 2.24) is 4.90 Å². The van der Waals surface area contributed by atoms with E-state index >= 15 is 0 Å². The summed E-state index contributed by atoms with van der Waals surface area (Å²) in [6.45, 7) is 5.31. The minimum atomic E-state index is -0.0522. The number of methoxy groups -OCH3 is 1. The molecule has 0 heterocycles. The summed E-state index contributed by atoms with van der Waals surface area (Å²) in [6.07, 6.45) is 2.21. The van der Waals surface area contributed by atoms with Crippen LogP contribution in [0.3, 0.4) is 0 Å². The predicted molar refractivity (Wildman–Crippen MR) is 83.8 cm³/mol. The number of hydrogen-bond acceptors (Lipinski definition) is 3. The van der Waals surface area contributed by atoms with E-state index in [9.17, 15) is 4.79 Å². The Morgan fingerprint density at radius 2 is 2.15 bits per heavy atom. The van der Waals surface area contributed by atoms with Gasteiger partial charge >= 0.3 is 0 Å². The third kappa shape index (κ3) is 5.02. The Morgan fingerprint density at radius 3 is 2.75 bits per heavy atom. The molecule has 0 aliphatic rings. The SMILES string of the molecule is CCCCN(C)CC(=O)Nc1cc(C)c(Cl)cc1OC. The molecule has 1 aromatic rings. The van der Waals surface area contributed by atoms with Crippen LogP contribution in [0.25, 0.3) is 0 Å². The molecule has 4 nitrogen and oxygen atoms in total. The summed E-state index contributed by atoms with van der Waals surface area (Å²) < 4.78 is 5.24. The van der Waals surface area contributed by atoms with Gasteiger partial charge in [0.05, 0.1) is 19.3 Å². The third-order valence-corrected chi connectivity index (χ3v) is 3.47. The summed E-state index contributed by atoms with van der Waals surface area (Å²) in [7, 11) is 3.50. The number of unbranched alkanes of at least 4 members (excludes halogenated alkanes) is 1. The Morgan fingerprint density at radius 1 is 1.45 bits per heavy atom. The van der Waals surface area contributed by atoms with Crippen LogP contribution in [0.4, 0.5) is 5.69 Å². The fourth-order valence-corrected chi connectivity index (χ4v) is 2.03. The van der Waals surface area contributed by atoms with E-state index in [1.807, 2.05) is 24.9 Å². The molecule has 0 aliphatic carbocycles. The highest BCUT2D eigenvalue weighted by molar-refractivity contribution is 6.31. The third-order valence-electron chi connectivity index (χ3n) is 3.06. The summed E-state index contributed by atoms with van der Waals surface area (Å²) >= 11 is 6.04. The molecule has 112 valence electrons. The number of rotatable bonds is 7. The zero-order chi connectivity index (χ0) is 15.1. The zero-order valence-corrected chi connectivity index (χ0v) is 13.4. The van der Waals surface area contributed by atoms with E-state index in [0.29, 0.717) is 23.0 Å². The first-order chi connectivity index (χ1) is 9.47. The van der Waals surface area contributed by atoms with Crippen LogP contribution in [-0.2, 0) is 4.79 Å². The van der Waals surface area contributed by atoms with Gasteiger partial charge in [0.25, 0.3) is 0 Å². The molecule has 1 aromatic carbocycles. The lowest BCUT2D eigenvalue weighted by Gasteiger charge is -2.17. The van der Waals surface area contributed by atoms with Crippen molar-refractivity contribution in [3.8, 4) is 5.75 Å². The first-order valence-corrected chi connectivity index (χ1v) is 7.18. The van der Waals surface area contributed by atoms with Crippen LogP contribution in [0.5, 0.6) is 5.75 Å². The maximum absolute atomic E-state index is 12.0. The fraction of sp³-hybridized carbons (Fsp3) is 0.533. The van der Waals surface area contributed by atoms with E-state index in [1.54, 1.807) is 13.2 Å². The van der Waals surface area contributed by atoms with E-state index in [1.165, 1.54) is 0 Å². The van der Waals surface area contributed by atoms with Crippen molar-refractivity contribution in [3.63, 3.8) is 0 Å². The van der Waals surface area contributed by atoms with Crippen molar-refractivity contribution < 1.29 is 9.53 Å². The summed E-state index contributed by atoms with van der Waals surface area (Å²) in [6, 6.07) is 3.54. The number of carbonyl (C=O) groups excluding carboxylic acids is 1. The van der Waals surface area contributed by atoms with Crippen molar-refractivity contribution in [2.75, 3.05) is 32.6 Å². The highest BCUT2D eigenvalue weighted by Crippen LogP contribution is 2.30. The van der Waals surface area contributed by atoms with Crippen LogP contribution in [-0.4, -0.2) is 38.1 Å². The molecule has 0 fully saturated rings. The van der Waals surface area contributed by atoms with Gasteiger partial charge in [-0.15, -0.1) is 0 Å². The molecule has 0 saturated heterocycles. The monoisotopic (exact) mass is 298 g/mol. The van der Waals surface area contributed by atoms with Crippen LogP contribution < -0.4 is 10.1 Å². The quantitative estimate of drug-likeness (QED) is 0.839. The molecule has 1 amide bonds. The molecule has 0 atom stereocenters. The zero-order valence-electron chi connectivity index (χ0n) is 12.6. The first kappa shape index (κ1) is 16.8. The lowest BCUT2D eigenvalue weighted by Crippen LogP contribution is -2.31. The topological polar surface area (TPSA) is 41.6 Å². The molecular weight excluding hydrogens is 276 g/mol. The van der Waals surface area contributed by atoms with Gasteiger partial charge in [-0.1, -0.05) is 24.9 Å². The number of nitrogens with zero attached hydrogens (tertiary/aromatic N) is 1. The average Bonchev–Trinajstić information content (AvgIpc) is 2.40. The maximum Gasteiger partial charge on any atom is 0.238 e. The van der Waals surface area contributed by atoms with Crippen molar-refractivity contribution in [3.05, 3.63) is 22.7 Å². The van der Waals surface area contributed by atoms with Crippen molar-refractivity contribution in [2.45, 2.75) is 26.7 Å². The van der Waals surface area contributed by atoms with E-state index in [0.717, 1.165) is 24.9 Å². The van der Waals surface area contributed by atoms with E-state index in [4.69, 9.17) is 16.3 Å². The molecule has 1 N–H and O–H groups in total. The molecule has 0 aromatic heterocycles. The van der Waals surface area contributed by atoms with E-state index in [-0.39, 0.29) is 5.91 Å². The summed E-state index contributed by atoms with van der Waals surface area (Å²) in [5.41, 5.74) is 1.56. The van der Waals surface area contributed by atoms with E-state index in [2.05, 4.69) is 12.2 Å². The second kappa shape index (κ2) is 8.12. The van der Waals surface area contributed by atoms with Gasteiger partial charge in [-0.2, -0.15) is 0 Å². The highest BCUT2D eigenvalue weighted by Gasteiger charge is 2.11. The number of benzene rings is 1. The fourth-order valence-electron chi connectivity index (χ4n) is 1.87. The summed E-state index contributed by atoms with van der Waals surface area (Å²) in [4.78, 5) is 14.0. The number of aryl methyl sites for hydroxylation is 1. The van der Waals surface area contributed by atoms with E-state index < -0.39 is 0 Å². The van der Waals surface area contributed by atoms with Gasteiger partial charge in [0, 0.05) is 11.1 Å². The molecule has 0 spiro atoms. The molecular formula is C15H23ClN2O2. The van der Waals surface area contributed by atoms with Crippen LogP contribution in [0.1, 0.15) is 25.3 Å². The molecule has 20 heavy (non-hydrogen) atoms. The predicted octanol–water partition coefficient (Wildman–Crippen LogP) is 3.33. The molecule has 1 rings (SSSR count). The number of amides is 1. The van der Waals surface area contributed by atoms with Crippen LogP contribution in [0.2, 0.25) is 5.02 Å². The molecule has 0 unspecified atom stereocenters. The molecule has 0 saturated carbocycles. The van der Waals surface area contributed by atoms with Crippen molar-refractivity contribution >= 4 is 23.2 Å². The van der Waals surface area contributed by atoms with Crippen molar-refractivity contribution in [1.29, 1.82) is 0 Å². The highest BCUT2D eigenvalue weighted by atomic mass is 35.5. The Labute approximate surface area is 126 Å². The maximum atomic E-state index is 12.0. The number of halogens is 1. The number of anilines is 1. The van der Waals surface area contributed by atoms with Crippen molar-refractivity contribution in [2.24, 2.45) is 0 Å². The molecule has 0 aliphatic heterocycles. The summed E-state index contributed by atoms with van der Waals surface area (Å²) in [5, 5.41) is 3.50. The average molecular weight is 299 g/mol. The van der Waals surface area contributed by atoms with Gasteiger partial charge in [0.2, 0.25) is 5.91 Å². The Kier molecular flexibility index (Phi) is 6.82. The van der Waals surface area contributed by atoms with Gasteiger partial charge in [-0.25, -0.2) is 0 Å². The molecule has 0 radical (unpaired) electrons. The second-order valence-corrected chi connectivity index (χ2v) is 5.35. The van der Waals surface area contributed by atoms with Gasteiger partial charge < -0.3 is 10.1 Å². The van der Waals surface area contributed by atoms with Crippen LogP contribution in [0.15, 0.2) is 12.1 Å².